The Bertz CT molecular complexity index is 436. The van der Waals surface area contributed by atoms with Crippen LogP contribution in [0.5, 0.6) is 0 Å². The van der Waals surface area contributed by atoms with E-state index in [1.807, 2.05) is 6.92 Å². The number of pyridine rings is 1. The molecule has 1 atom stereocenters. The molecule has 17 heavy (non-hydrogen) atoms. The lowest BCUT2D eigenvalue weighted by Crippen LogP contribution is -2.40. The van der Waals surface area contributed by atoms with Crippen LogP contribution in [-0.2, 0) is 11.3 Å². The van der Waals surface area contributed by atoms with E-state index in [9.17, 15) is 9.59 Å². The van der Waals surface area contributed by atoms with Gasteiger partial charge in [0.1, 0.15) is 6.54 Å². The summed E-state index contributed by atoms with van der Waals surface area (Å²) in [6.07, 6.45) is 1.58. The molecular weight excluding hydrogens is 309 g/mol. The van der Waals surface area contributed by atoms with E-state index in [-0.39, 0.29) is 36.5 Å². The highest BCUT2D eigenvalue weighted by molar-refractivity contribution is 9.10. The van der Waals surface area contributed by atoms with E-state index in [1.54, 1.807) is 12.3 Å². The summed E-state index contributed by atoms with van der Waals surface area (Å²) in [5.41, 5.74) is 5.17. The molecule has 1 amide bonds. The van der Waals surface area contributed by atoms with Crippen LogP contribution in [0.3, 0.4) is 0 Å². The van der Waals surface area contributed by atoms with Gasteiger partial charge in [-0.15, -0.1) is 12.4 Å². The van der Waals surface area contributed by atoms with Crippen LogP contribution < -0.4 is 16.6 Å². The van der Waals surface area contributed by atoms with Crippen molar-refractivity contribution in [3.63, 3.8) is 0 Å². The molecule has 0 saturated heterocycles. The second kappa shape index (κ2) is 7.47. The molecule has 0 aliphatic carbocycles. The average molecular weight is 325 g/mol. The molecule has 0 unspecified atom stereocenters. The Labute approximate surface area is 114 Å². The zero-order valence-electron chi connectivity index (χ0n) is 9.35. The van der Waals surface area contributed by atoms with Gasteiger partial charge in [-0.05, 0) is 28.9 Å². The lowest BCUT2D eigenvalue weighted by atomic mass is 10.3. The summed E-state index contributed by atoms with van der Waals surface area (Å²) in [7, 11) is 0. The van der Waals surface area contributed by atoms with E-state index in [0.29, 0.717) is 6.54 Å². The van der Waals surface area contributed by atoms with Gasteiger partial charge >= 0.3 is 0 Å². The maximum absolute atomic E-state index is 11.5. The van der Waals surface area contributed by atoms with E-state index >= 15 is 0 Å². The number of nitrogens with two attached hydrogens (primary N) is 1. The van der Waals surface area contributed by atoms with Crippen molar-refractivity contribution in [3.05, 3.63) is 33.2 Å². The lowest BCUT2D eigenvalue weighted by Gasteiger charge is -2.12. The fourth-order valence-corrected chi connectivity index (χ4v) is 1.54. The Morgan fingerprint density at radius 3 is 2.82 bits per heavy atom. The second-order valence-corrected chi connectivity index (χ2v) is 4.43. The number of rotatable bonds is 4. The maximum Gasteiger partial charge on any atom is 0.251 e. The Hall–Kier alpha value is -0.850. The van der Waals surface area contributed by atoms with Crippen LogP contribution in [0, 0.1) is 0 Å². The Morgan fingerprint density at radius 1 is 1.59 bits per heavy atom. The molecule has 0 aromatic carbocycles. The third-order valence-corrected chi connectivity index (χ3v) is 2.49. The second-order valence-electron chi connectivity index (χ2n) is 3.52. The highest BCUT2D eigenvalue weighted by Gasteiger charge is 2.07. The standard InChI is InChI=1S/C10H14BrN3O2.ClH/c1-7(4-12)13-9(15)6-14-5-8(11)2-3-10(14)16;/h2-3,5,7H,4,6,12H2,1H3,(H,13,15);1H/t7-;/m0./s1. The third-order valence-electron chi connectivity index (χ3n) is 2.02. The number of nitrogens with one attached hydrogen (secondary N) is 1. The van der Waals surface area contributed by atoms with Gasteiger partial charge in [0.25, 0.3) is 5.56 Å². The zero-order valence-corrected chi connectivity index (χ0v) is 11.8. The Kier molecular flexibility index (Phi) is 7.10. The van der Waals surface area contributed by atoms with Crippen molar-refractivity contribution in [2.24, 2.45) is 5.73 Å². The van der Waals surface area contributed by atoms with Gasteiger partial charge in [-0.2, -0.15) is 0 Å². The van der Waals surface area contributed by atoms with Gasteiger partial charge in [0, 0.05) is 29.3 Å². The summed E-state index contributed by atoms with van der Waals surface area (Å²) >= 11 is 3.24. The molecule has 7 heteroatoms. The van der Waals surface area contributed by atoms with Crippen molar-refractivity contribution < 1.29 is 4.79 Å². The van der Waals surface area contributed by atoms with E-state index in [0.717, 1.165) is 4.47 Å². The minimum atomic E-state index is -0.224. The van der Waals surface area contributed by atoms with Gasteiger partial charge in [-0.3, -0.25) is 9.59 Å². The molecule has 1 rings (SSSR count). The van der Waals surface area contributed by atoms with Gasteiger partial charge < -0.3 is 15.6 Å². The van der Waals surface area contributed by atoms with Crippen LogP contribution in [0.25, 0.3) is 0 Å². The molecule has 5 nitrogen and oxygen atoms in total. The van der Waals surface area contributed by atoms with E-state index in [1.165, 1.54) is 10.6 Å². The molecule has 0 radical (unpaired) electrons. The van der Waals surface area contributed by atoms with Gasteiger partial charge in [0.15, 0.2) is 0 Å². The summed E-state index contributed by atoms with van der Waals surface area (Å²) in [4.78, 5) is 22.9. The molecule has 0 aliphatic heterocycles. The van der Waals surface area contributed by atoms with Gasteiger partial charge in [0.05, 0.1) is 0 Å². The van der Waals surface area contributed by atoms with Crippen LogP contribution in [0.2, 0.25) is 0 Å². The first-order chi connectivity index (χ1) is 7.52. The van der Waals surface area contributed by atoms with Crippen LogP contribution in [0.15, 0.2) is 27.6 Å². The zero-order chi connectivity index (χ0) is 12.1. The minimum absolute atomic E-state index is 0. The number of hydrogen-bond acceptors (Lipinski definition) is 3. The largest absolute Gasteiger partial charge is 0.351 e. The molecule has 0 spiro atoms. The monoisotopic (exact) mass is 323 g/mol. The fourth-order valence-electron chi connectivity index (χ4n) is 1.16. The van der Waals surface area contributed by atoms with Gasteiger partial charge in [0.2, 0.25) is 5.91 Å². The summed E-state index contributed by atoms with van der Waals surface area (Å²) in [6, 6.07) is 2.96. The summed E-state index contributed by atoms with van der Waals surface area (Å²) in [6.45, 7) is 2.18. The molecule has 1 aromatic rings. The fraction of sp³-hybridized carbons (Fsp3) is 0.400. The predicted molar refractivity (Wildman–Crippen MR) is 72.3 cm³/mol. The molecular formula is C10H15BrClN3O2. The highest BCUT2D eigenvalue weighted by Crippen LogP contribution is 2.04. The van der Waals surface area contributed by atoms with Crippen molar-refractivity contribution in [2.75, 3.05) is 6.54 Å². The SMILES string of the molecule is C[C@@H](CN)NC(=O)Cn1cc(Br)ccc1=O.Cl. The van der Waals surface area contributed by atoms with E-state index in [2.05, 4.69) is 21.2 Å². The van der Waals surface area contributed by atoms with Crippen molar-refractivity contribution in [2.45, 2.75) is 19.5 Å². The molecule has 0 aliphatic rings. The van der Waals surface area contributed by atoms with Crippen LogP contribution in [0.4, 0.5) is 0 Å². The number of aromatic nitrogens is 1. The first-order valence-corrected chi connectivity index (χ1v) is 5.67. The van der Waals surface area contributed by atoms with Crippen LogP contribution >= 0.6 is 28.3 Å². The van der Waals surface area contributed by atoms with Crippen molar-refractivity contribution in [3.8, 4) is 0 Å². The first kappa shape index (κ1) is 16.1. The first-order valence-electron chi connectivity index (χ1n) is 4.88. The maximum atomic E-state index is 11.5. The van der Waals surface area contributed by atoms with Crippen LogP contribution in [-0.4, -0.2) is 23.1 Å². The Morgan fingerprint density at radius 2 is 2.24 bits per heavy atom. The van der Waals surface area contributed by atoms with E-state index < -0.39 is 0 Å². The number of amides is 1. The number of hydrogen-bond donors (Lipinski definition) is 2. The molecule has 1 heterocycles. The average Bonchev–Trinajstić information content (AvgIpc) is 2.23. The normalized spacial score (nSPS) is 11.5. The topological polar surface area (TPSA) is 77.1 Å². The number of nitrogens with zero attached hydrogens (tertiary/aromatic N) is 1. The van der Waals surface area contributed by atoms with Crippen LogP contribution in [0.1, 0.15) is 6.92 Å². The number of carbonyl (C=O) groups is 1. The summed E-state index contributed by atoms with van der Waals surface area (Å²) < 4.78 is 2.09. The van der Waals surface area contributed by atoms with Gasteiger partial charge in [-0.1, -0.05) is 0 Å². The smallest absolute Gasteiger partial charge is 0.251 e. The third kappa shape index (κ3) is 5.34. The van der Waals surface area contributed by atoms with Crippen molar-refractivity contribution in [1.29, 1.82) is 0 Å². The van der Waals surface area contributed by atoms with Crippen molar-refractivity contribution in [1.82, 2.24) is 9.88 Å². The molecule has 96 valence electrons. The number of halogens is 2. The van der Waals surface area contributed by atoms with Crippen molar-refractivity contribution >= 4 is 34.2 Å². The molecule has 1 aromatic heterocycles. The number of carbonyl (C=O) groups excluding carboxylic acids is 1. The summed E-state index contributed by atoms with van der Waals surface area (Å²) in [5.74, 6) is -0.224. The molecule has 0 saturated carbocycles. The molecule has 3 N–H and O–H groups in total. The quantitative estimate of drug-likeness (QED) is 0.846. The highest BCUT2D eigenvalue weighted by atomic mass is 79.9. The molecule has 0 fully saturated rings. The predicted octanol–water partition coefficient (Wildman–Crippen LogP) is 0.496. The lowest BCUT2D eigenvalue weighted by molar-refractivity contribution is -0.122. The summed E-state index contributed by atoms with van der Waals surface area (Å²) in [5, 5.41) is 2.69. The minimum Gasteiger partial charge on any atom is -0.351 e. The van der Waals surface area contributed by atoms with Gasteiger partial charge in [-0.25, -0.2) is 0 Å². The molecule has 0 bridgehead atoms. The Balaban J connectivity index is 0.00000256. The van der Waals surface area contributed by atoms with E-state index in [4.69, 9.17) is 5.73 Å².